The highest BCUT2D eigenvalue weighted by atomic mass is 16.1. The highest BCUT2D eigenvalue weighted by Gasteiger charge is 2.70. The minimum Gasteiger partial charge on any atom is -0.369 e. The Bertz CT molecular complexity index is 1180. The largest absolute Gasteiger partial charge is 0.369 e. The molecule has 0 heterocycles. The zero-order valence-electron chi connectivity index (χ0n) is 23.1. The first-order chi connectivity index (χ1) is 16.5. The molecule has 5 nitrogen and oxygen atoms in total. The number of carbonyl (C=O) groups is 3. The summed E-state index contributed by atoms with van der Waals surface area (Å²) in [6.07, 6.45) is 9.59. The molecule has 5 aliphatic carbocycles. The van der Waals surface area contributed by atoms with E-state index in [1.807, 2.05) is 26.0 Å². The first kappa shape index (κ1) is 25.4. The van der Waals surface area contributed by atoms with E-state index in [1.54, 1.807) is 0 Å². The lowest BCUT2D eigenvalue weighted by Gasteiger charge is -2.68. The van der Waals surface area contributed by atoms with Crippen molar-refractivity contribution in [3.63, 3.8) is 0 Å². The molecule has 3 fully saturated rings. The molecule has 194 valence electrons. The van der Waals surface area contributed by atoms with Crippen molar-refractivity contribution in [2.75, 3.05) is 0 Å². The molecule has 0 aromatic rings. The van der Waals surface area contributed by atoms with Gasteiger partial charge in [0.1, 0.15) is 6.07 Å². The number of fused-ring (bicyclic) bond motifs is 7. The number of Topliss-reactive ketones (excluding diaryl/α,β-unsaturated/α-hetero) is 1. The van der Waals surface area contributed by atoms with Crippen molar-refractivity contribution in [1.82, 2.24) is 0 Å². The predicted octanol–water partition coefficient (Wildman–Crippen LogP) is 5.69. The average Bonchev–Trinajstić information content (AvgIpc) is 2.77. The molecule has 6 unspecified atom stereocenters. The molecule has 5 heteroatoms. The molecular weight excluding hydrogens is 448 g/mol. The van der Waals surface area contributed by atoms with E-state index >= 15 is 0 Å². The van der Waals surface area contributed by atoms with Gasteiger partial charge < -0.3 is 5.73 Å². The average molecular weight is 491 g/mol. The van der Waals surface area contributed by atoms with Crippen LogP contribution in [0, 0.1) is 61.6 Å². The van der Waals surface area contributed by atoms with Crippen LogP contribution < -0.4 is 5.73 Å². The third-order valence-corrected chi connectivity index (χ3v) is 12.4. The highest BCUT2D eigenvalue weighted by molar-refractivity contribution is 6.04. The van der Waals surface area contributed by atoms with Gasteiger partial charge in [-0.3, -0.25) is 14.4 Å². The Labute approximate surface area is 215 Å². The lowest BCUT2D eigenvalue weighted by molar-refractivity contribution is -0.176. The quantitative estimate of drug-likeness (QED) is 0.510. The van der Waals surface area contributed by atoms with E-state index < -0.39 is 16.2 Å². The van der Waals surface area contributed by atoms with E-state index in [1.165, 1.54) is 0 Å². The lowest BCUT2D eigenvalue weighted by atomic mass is 9.34. The van der Waals surface area contributed by atoms with Crippen molar-refractivity contribution in [1.29, 1.82) is 5.26 Å². The number of amides is 1. The molecule has 0 bridgehead atoms. The number of nitriles is 1. The van der Waals surface area contributed by atoms with Crippen molar-refractivity contribution in [2.45, 2.75) is 93.4 Å². The fourth-order valence-corrected chi connectivity index (χ4v) is 10.1. The van der Waals surface area contributed by atoms with Gasteiger partial charge in [0.15, 0.2) is 11.6 Å². The number of hydrogen-bond donors (Lipinski definition) is 1. The number of hydrogen-bond acceptors (Lipinski definition) is 4. The third kappa shape index (κ3) is 2.85. The first-order valence-corrected chi connectivity index (χ1v) is 13.7. The molecule has 1 amide bonds. The maximum atomic E-state index is 14.3. The fourth-order valence-electron chi connectivity index (χ4n) is 10.1. The molecule has 2 N–H and O–H groups in total. The Balaban J connectivity index is 1.71. The van der Waals surface area contributed by atoms with Gasteiger partial charge in [-0.15, -0.1) is 0 Å². The van der Waals surface area contributed by atoms with Gasteiger partial charge in [-0.2, -0.15) is 5.26 Å². The van der Waals surface area contributed by atoms with Crippen molar-refractivity contribution in [3.05, 3.63) is 23.3 Å². The van der Waals surface area contributed by atoms with E-state index in [2.05, 4.69) is 40.7 Å². The highest BCUT2D eigenvalue weighted by Crippen LogP contribution is 2.74. The van der Waals surface area contributed by atoms with E-state index in [-0.39, 0.29) is 57.0 Å². The van der Waals surface area contributed by atoms with Crippen LogP contribution >= 0.6 is 0 Å². The monoisotopic (exact) mass is 490 g/mol. The van der Waals surface area contributed by atoms with Crippen LogP contribution in [0.2, 0.25) is 0 Å². The molecule has 0 aromatic carbocycles. The summed E-state index contributed by atoms with van der Waals surface area (Å²) in [4.78, 5) is 40.4. The predicted molar refractivity (Wildman–Crippen MR) is 138 cm³/mol. The summed E-state index contributed by atoms with van der Waals surface area (Å²) in [6.45, 7) is 15.2. The van der Waals surface area contributed by atoms with Crippen LogP contribution in [0.5, 0.6) is 0 Å². The number of ketones is 2. The van der Waals surface area contributed by atoms with Crippen molar-refractivity contribution in [3.8, 4) is 6.07 Å². The molecule has 3 saturated carbocycles. The standard InChI is InChI=1S/C31H42N2O3/c1-26(2)10-12-31(25(33)36)13-11-30(7)23(19(31)16-26)20(34)14-22-28(5)15-18(17-32)24(35)27(3,4)21(28)8-9-29(22,30)6/h14-15,19,21,23H,8-13,16H2,1-7H3,(H2,33,36)/t19?,21?,23?,28?,29?,30-,31?/m1/s1. The minimum absolute atomic E-state index is 0.0313. The topological polar surface area (TPSA) is 101 Å². The Morgan fingerprint density at radius 2 is 1.64 bits per heavy atom. The van der Waals surface area contributed by atoms with Gasteiger partial charge >= 0.3 is 0 Å². The summed E-state index contributed by atoms with van der Waals surface area (Å²) >= 11 is 0. The van der Waals surface area contributed by atoms with Gasteiger partial charge in [-0.1, -0.05) is 60.1 Å². The van der Waals surface area contributed by atoms with Crippen molar-refractivity contribution >= 4 is 17.5 Å². The molecule has 0 radical (unpaired) electrons. The molecular formula is C31H42N2O3. The number of nitrogens with two attached hydrogens (primary N) is 1. The van der Waals surface area contributed by atoms with Gasteiger partial charge in [0.25, 0.3) is 0 Å². The van der Waals surface area contributed by atoms with Crippen LogP contribution in [0.4, 0.5) is 0 Å². The molecule has 7 atom stereocenters. The second-order valence-corrected chi connectivity index (χ2v) is 14.8. The number of nitrogens with zero attached hydrogens (tertiary/aromatic N) is 1. The number of rotatable bonds is 1. The molecule has 0 spiro atoms. The number of allylic oxidation sites excluding steroid dienone is 4. The van der Waals surface area contributed by atoms with Gasteiger partial charge in [0.2, 0.25) is 5.91 Å². The molecule has 5 rings (SSSR count). The third-order valence-electron chi connectivity index (χ3n) is 12.4. The zero-order valence-corrected chi connectivity index (χ0v) is 23.1. The van der Waals surface area contributed by atoms with Gasteiger partial charge in [0.05, 0.1) is 11.0 Å². The second-order valence-electron chi connectivity index (χ2n) is 14.8. The normalized spacial score (nSPS) is 46.7. The zero-order chi connectivity index (χ0) is 26.7. The number of primary amides is 1. The van der Waals surface area contributed by atoms with Crippen LogP contribution in [0.3, 0.4) is 0 Å². The Kier molecular flexibility index (Phi) is 5.09. The minimum atomic E-state index is -0.668. The Morgan fingerprint density at radius 3 is 2.25 bits per heavy atom. The summed E-state index contributed by atoms with van der Waals surface area (Å²) in [5.41, 5.74) is 5.10. The van der Waals surface area contributed by atoms with Crippen LogP contribution in [-0.4, -0.2) is 17.5 Å². The van der Waals surface area contributed by atoms with Crippen LogP contribution in [0.1, 0.15) is 93.4 Å². The second kappa shape index (κ2) is 7.21. The number of carbonyl (C=O) groups excluding carboxylic acids is 3. The molecule has 0 aliphatic heterocycles. The maximum Gasteiger partial charge on any atom is 0.223 e. The lowest BCUT2D eigenvalue weighted by Crippen LogP contribution is -2.66. The summed E-state index contributed by atoms with van der Waals surface area (Å²) in [5, 5.41) is 9.84. The van der Waals surface area contributed by atoms with Gasteiger partial charge in [0, 0.05) is 16.7 Å². The summed E-state index contributed by atoms with van der Waals surface area (Å²) in [5.74, 6) is -0.478. The summed E-state index contributed by atoms with van der Waals surface area (Å²) < 4.78 is 0. The van der Waals surface area contributed by atoms with E-state index in [0.717, 1.165) is 50.5 Å². The Hall–Kier alpha value is -2.22. The van der Waals surface area contributed by atoms with Crippen LogP contribution in [-0.2, 0) is 14.4 Å². The SMILES string of the molecule is CC1(C)CCC2(C(N)=O)CC[C@]3(C)C(C(=O)C=C4C5(C)C=C(C#N)C(=O)C(C)(C)C5CCC43C)C2C1. The first-order valence-electron chi connectivity index (χ1n) is 13.7. The Morgan fingerprint density at radius 1 is 1.00 bits per heavy atom. The van der Waals surface area contributed by atoms with E-state index in [9.17, 15) is 19.6 Å². The maximum absolute atomic E-state index is 14.3. The van der Waals surface area contributed by atoms with Crippen molar-refractivity contribution in [2.24, 2.45) is 56.0 Å². The van der Waals surface area contributed by atoms with Crippen LogP contribution in [0.25, 0.3) is 0 Å². The van der Waals surface area contributed by atoms with Crippen molar-refractivity contribution < 1.29 is 14.4 Å². The molecule has 5 aliphatic rings. The van der Waals surface area contributed by atoms with Crippen LogP contribution in [0.15, 0.2) is 23.3 Å². The summed E-state index contributed by atoms with van der Waals surface area (Å²) in [7, 11) is 0. The van der Waals surface area contributed by atoms with Gasteiger partial charge in [-0.25, -0.2) is 0 Å². The van der Waals surface area contributed by atoms with E-state index in [4.69, 9.17) is 5.73 Å². The van der Waals surface area contributed by atoms with Gasteiger partial charge in [-0.05, 0) is 79.1 Å². The molecule has 0 saturated heterocycles. The fraction of sp³-hybridized carbons (Fsp3) is 0.742. The van der Waals surface area contributed by atoms with E-state index in [0.29, 0.717) is 0 Å². The summed E-state index contributed by atoms with van der Waals surface area (Å²) in [6, 6.07) is 2.16. The smallest absolute Gasteiger partial charge is 0.223 e. The molecule has 36 heavy (non-hydrogen) atoms. The molecule has 0 aromatic heterocycles.